The van der Waals surface area contributed by atoms with Crippen LogP contribution < -0.4 is 19.1 Å². The molecule has 4 aromatic carbocycles. The van der Waals surface area contributed by atoms with Crippen molar-refractivity contribution < 1.29 is 27.5 Å². The van der Waals surface area contributed by atoms with E-state index in [1.54, 1.807) is 12.1 Å². The second-order valence-electron chi connectivity index (χ2n) is 11.4. The number of sulfonamides is 1. The number of methoxy groups -OCH3 is 2. The first-order valence-electron chi connectivity index (χ1n) is 15.1. The van der Waals surface area contributed by atoms with Crippen molar-refractivity contribution in [3.8, 4) is 11.5 Å². The average molecular weight is 678 g/mol. The Hall–Kier alpha value is -4.54. The van der Waals surface area contributed by atoms with Gasteiger partial charge in [0.25, 0.3) is 10.0 Å². The predicted molar refractivity (Wildman–Crippen MR) is 184 cm³/mol. The molecule has 0 spiro atoms. The smallest absolute Gasteiger partial charge is 0.264 e. The molecule has 0 aliphatic rings. The Morgan fingerprint density at radius 3 is 2.06 bits per heavy atom. The van der Waals surface area contributed by atoms with Gasteiger partial charge in [0.05, 0.1) is 24.8 Å². The third-order valence-electron chi connectivity index (χ3n) is 7.51. The molecule has 1 atom stereocenters. The summed E-state index contributed by atoms with van der Waals surface area (Å²) in [6.07, 6.45) is 0.223. The lowest BCUT2D eigenvalue weighted by atomic mass is 10.0. The van der Waals surface area contributed by atoms with Crippen LogP contribution in [0.1, 0.15) is 30.5 Å². The summed E-state index contributed by atoms with van der Waals surface area (Å²) in [5, 5.41) is 3.36. The van der Waals surface area contributed by atoms with Crippen molar-refractivity contribution in [1.82, 2.24) is 10.2 Å². The molecule has 4 rings (SSSR count). The summed E-state index contributed by atoms with van der Waals surface area (Å²) in [7, 11) is -1.49. The average Bonchev–Trinajstić information content (AvgIpc) is 3.06. The molecule has 4 aromatic rings. The molecule has 0 fully saturated rings. The molecule has 0 aromatic heterocycles. The maximum Gasteiger partial charge on any atom is 0.264 e. The number of aryl methyl sites for hydroxylation is 1. The first kappa shape index (κ1) is 35.3. The molecule has 0 radical (unpaired) electrons. The number of hydrogen-bond donors (Lipinski definition) is 1. The van der Waals surface area contributed by atoms with Crippen LogP contribution in [0.3, 0.4) is 0 Å². The number of carbonyl (C=O) groups is 2. The van der Waals surface area contributed by atoms with Gasteiger partial charge in [0.1, 0.15) is 12.6 Å². The van der Waals surface area contributed by atoms with Crippen LogP contribution in [0, 0.1) is 6.92 Å². The number of nitrogens with one attached hydrogen (secondary N) is 1. The molecule has 0 heterocycles. The van der Waals surface area contributed by atoms with Crippen molar-refractivity contribution in [1.29, 1.82) is 0 Å². The Bertz CT molecular complexity index is 1770. The summed E-state index contributed by atoms with van der Waals surface area (Å²) in [6, 6.07) is 26.3. The van der Waals surface area contributed by atoms with E-state index in [4.69, 9.17) is 21.1 Å². The molecule has 0 saturated carbocycles. The van der Waals surface area contributed by atoms with E-state index in [9.17, 15) is 18.0 Å². The largest absolute Gasteiger partial charge is 0.493 e. The van der Waals surface area contributed by atoms with E-state index in [1.165, 1.54) is 49.5 Å². The van der Waals surface area contributed by atoms with Gasteiger partial charge in [0, 0.05) is 30.1 Å². The van der Waals surface area contributed by atoms with Crippen molar-refractivity contribution in [2.45, 2.75) is 50.7 Å². The zero-order valence-corrected chi connectivity index (χ0v) is 28.7. The normalized spacial score (nSPS) is 11.9. The van der Waals surface area contributed by atoms with E-state index in [0.29, 0.717) is 10.8 Å². The Morgan fingerprint density at radius 1 is 0.830 bits per heavy atom. The van der Waals surface area contributed by atoms with Crippen molar-refractivity contribution in [3.63, 3.8) is 0 Å². The number of nitrogens with zero attached hydrogens (tertiary/aromatic N) is 2. The molecule has 2 amide bonds. The summed E-state index contributed by atoms with van der Waals surface area (Å²) in [6.45, 7) is 5.14. The molecular weight excluding hydrogens is 638 g/mol. The SMILES string of the molecule is COc1ccc(S(=O)(=O)N(CC(=O)N(Cc2ccc(C)cc2)C(Cc2ccccc2)C(=O)NC(C)C)c2ccc(Cl)cc2)cc1OC. The highest BCUT2D eigenvalue weighted by Gasteiger charge is 2.35. The highest BCUT2D eigenvalue weighted by molar-refractivity contribution is 7.92. The zero-order chi connectivity index (χ0) is 34.1. The molecule has 9 nitrogen and oxygen atoms in total. The van der Waals surface area contributed by atoms with Crippen molar-refractivity contribution in [3.05, 3.63) is 119 Å². The Kier molecular flexibility index (Phi) is 11.9. The third kappa shape index (κ3) is 9.05. The molecule has 0 aliphatic carbocycles. The minimum atomic E-state index is -4.35. The number of hydrogen-bond acceptors (Lipinski definition) is 6. The van der Waals surface area contributed by atoms with Crippen molar-refractivity contribution >= 4 is 39.1 Å². The number of ether oxygens (including phenoxy) is 2. The van der Waals surface area contributed by atoms with Gasteiger partial charge in [-0.2, -0.15) is 0 Å². The van der Waals surface area contributed by atoms with Crippen LogP contribution in [0.25, 0.3) is 0 Å². The molecular formula is C36H40ClN3O6S. The lowest BCUT2D eigenvalue weighted by molar-refractivity contribution is -0.140. The van der Waals surface area contributed by atoms with Gasteiger partial charge in [-0.15, -0.1) is 0 Å². The second-order valence-corrected chi connectivity index (χ2v) is 13.7. The first-order chi connectivity index (χ1) is 22.4. The first-order valence-corrected chi connectivity index (χ1v) is 16.9. The van der Waals surface area contributed by atoms with Crippen LogP contribution in [0.15, 0.2) is 102 Å². The van der Waals surface area contributed by atoms with Crippen molar-refractivity contribution in [2.75, 3.05) is 25.1 Å². The number of carbonyl (C=O) groups excluding carboxylic acids is 2. The second kappa shape index (κ2) is 15.8. The van der Waals surface area contributed by atoms with E-state index in [0.717, 1.165) is 21.0 Å². The van der Waals surface area contributed by atoms with Gasteiger partial charge >= 0.3 is 0 Å². The van der Waals surface area contributed by atoms with Gasteiger partial charge in [-0.25, -0.2) is 8.42 Å². The summed E-state index contributed by atoms with van der Waals surface area (Å²) in [5.74, 6) is -0.343. The molecule has 47 heavy (non-hydrogen) atoms. The fraction of sp³-hybridized carbons (Fsp3) is 0.278. The summed E-state index contributed by atoms with van der Waals surface area (Å²) in [5.41, 5.74) is 2.91. The van der Waals surface area contributed by atoms with Crippen LogP contribution in [0.2, 0.25) is 5.02 Å². The van der Waals surface area contributed by atoms with Gasteiger partial charge in [-0.3, -0.25) is 13.9 Å². The molecule has 1 unspecified atom stereocenters. The minimum absolute atomic E-state index is 0.0764. The van der Waals surface area contributed by atoms with Gasteiger partial charge < -0.3 is 19.7 Å². The Morgan fingerprint density at radius 2 is 1.47 bits per heavy atom. The molecule has 248 valence electrons. The highest BCUT2D eigenvalue weighted by Crippen LogP contribution is 2.33. The van der Waals surface area contributed by atoms with E-state index < -0.39 is 28.5 Å². The van der Waals surface area contributed by atoms with Gasteiger partial charge in [-0.1, -0.05) is 71.8 Å². The van der Waals surface area contributed by atoms with Crippen LogP contribution >= 0.6 is 11.6 Å². The van der Waals surface area contributed by atoms with Crippen LogP contribution in [0.4, 0.5) is 5.69 Å². The van der Waals surface area contributed by atoms with Crippen molar-refractivity contribution in [2.24, 2.45) is 0 Å². The number of benzene rings is 4. The lowest BCUT2D eigenvalue weighted by Gasteiger charge is -2.34. The summed E-state index contributed by atoms with van der Waals surface area (Å²) in [4.78, 5) is 29.7. The molecule has 0 bridgehead atoms. The third-order valence-corrected chi connectivity index (χ3v) is 9.53. The van der Waals surface area contributed by atoms with Gasteiger partial charge in [-0.05, 0) is 68.3 Å². The quantitative estimate of drug-likeness (QED) is 0.175. The van der Waals surface area contributed by atoms with Crippen LogP contribution in [-0.4, -0.2) is 58.0 Å². The minimum Gasteiger partial charge on any atom is -0.493 e. The fourth-order valence-electron chi connectivity index (χ4n) is 5.07. The lowest BCUT2D eigenvalue weighted by Crippen LogP contribution is -2.54. The van der Waals surface area contributed by atoms with E-state index in [1.807, 2.05) is 75.4 Å². The van der Waals surface area contributed by atoms with E-state index in [2.05, 4.69) is 5.32 Å². The molecule has 1 N–H and O–H groups in total. The highest BCUT2D eigenvalue weighted by atomic mass is 35.5. The van der Waals surface area contributed by atoms with Gasteiger partial charge in [0.15, 0.2) is 11.5 Å². The molecule has 0 saturated heterocycles. The number of rotatable bonds is 14. The number of amides is 2. The monoisotopic (exact) mass is 677 g/mol. The molecule has 11 heteroatoms. The maximum absolute atomic E-state index is 14.6. The van der Waals surface area contributed by atoms with Crippen LogP contribution in [-0.2, 0) is 32.6 Å². The Balaban J connectivity index is 1.82. The fourth-order valence-corrected chi connectivity index (χ4v) is 6.62. The number of anilines is 1. The predicted octanol–water partition coefficient (Wildman–Crippen LogP) is 6.03. The number of halogens is 1. The Labute approximate surface area is 282 Å². The van der Waals surface area contributed by atoms with Gasteiger partial charge in [0.2, 0.25) is 11.8 Å². The maximum atomic E-state index is 14.6. The topological polar surface area (TPSA) is 105 Å². The summed E-state index contributed by atoms with van der Waals surface area (Å²) >= 11 is 6.16. The zero-order valence-electron chi connectivity index (χ0n) is 27.1. The van der Waals surface area contributed by atoms with E-state index in [-0.39, 0.29) is 41.2 Å². The van der Waals surface area contributed by atoms with Crippen LogP contribution in [0.5, 0.6) is 11.5 Å². The molecule has 0 aliphatic heterocycles. The van der Waals surface area contributed by atoms with E-state index >= 15 is 0 Å². The summed E-state index contributed by atoms with van der Waals surface area (Å²) < 4.78 is 40.3. The standard InChI is InChI=1S/C36H40ClN3O6S/c1-25(2)38-36(42)32(21-27-9-7-6-8-10-27)39(23-28-13-11-26(3)12-14-28)35(41)24-40(30-17-15-29(37)16-18-30)47(43,44)31-19-20-33(45-4)34(22-31)46-5/h6-20,22,25,32H,21,23-24H2,1-5H3,(H,38,42).